The van der Waals surface area contributed by atoms with Gasteiger partial charge in [-0.15, -0.1) is 0 Å². The van der Waals surface area contributed by atoms with Crippen molar-refractivity contribution in [1.82, 2.24) is 40.0 Å². The number of para-hydroxylation sites is 1. The Balaban J connectivity index is 1.41. The van der Waals surface area contributed by atoms with Crippen molar-refractivity contribution in [3.8, 4) is 34.0 Å². The number of nitrogens with zero attached hydrogens (tertiary/aromatic N) is 6. The summed E-state index contributed by atoms with van der Waals surface area (Å²) in [5.41, 5.74) is 6.68. The number of pyridine rings is 1. The summed E-state index contributed by atoms with van der Waals surface area (Å²) in [6.45, 7) is 1.56. The van der Waals surface area contributed by atoms with Crippen molar-refractivity contribution in [3.05, 3.63) is 73.1 Å². The highest BCUT2D eigenvalue weighted by Gasteiger charge is 2.17. The van der Waals surface area contributed by atoms with Crippen molar-refractivity contribution in [1.29, 1.82) is 0 Å². The highest BCUT2D eigenvalue weighted by Crippen LogP contribution is 2.33. The summed E-state index contributed by atoms with van der Waals surface area (Å²) >= 11 is 0. The second kappa shape index (κ2) is 9.40. The van der Waals surface area contributed by atoms with Crippen LogP contribution in [0, 0.1) is 5.82 Å². The molecule has 0 saturated heterocycles. The van der Waals surface area contributed by atoms with Crippen LogP contribution >= 0.6 is 0 Å². The third-order valence-corrected chi connectivity index (χ3v) is 6.11. The lowest BCUT2D eigenvalue weighted by Crippen LogP contribution is -2.20. The standard InChI is InChI=1S/C27H24FN9/c1-37(2)9-8-30-18-11-16(10-17(28)12-18)19-4-3-5-21-25(19)34-27(33-21)26-20-13-22(24-14-29-6-7-31-24)32-15-23(20)35-36-26/h3-7,10-15,30H,8-9H2,1-2H3,(H,33,34)(H,35,36). The van der Waals surface area contributed by atoms with Crippen molar-refractivity contribution >= 4 is 27.6 Å². The van der Waals surface area contributed by atoms with E-state index >= 15 is 0 Å². The molecule has 6 aromatic rings. The first kappa shape index (κ1) is 22.7. The summed E-state index contributed by atoms with van der Waals surface area (Å²) < 4.78 is 14.6. The summed E-state index contributed by atoms with van der Waals surface area (Å²) in [7, 11) is 4.01. The number of benzene rings is 2. The topological polar surface area (TPSA) is 111 Å². The number of H-pyrrole nitrogens is 2. The first-order valence-corrected chi connectivity index (χ1v) is 11.8. The van der Waals surface area contributed by atoms with Crippen LogP contribution in [0.25, 0.3) is 56.0 Å². The highest BCUT2D eigenvalue weighted by molar-refractivity contribution is 5.98. The van der Waals surface area contributed by atoms with E-state index in [0.29, 0.717) is 29.5 Å². The summed E-state index contributed by atoms with van der Waals surface area (Å²) in [4.78, 5) is 23.3. The second-order valence-electron chi connectivity index (χ2n) is 9.02. The molecule has 0 aliphatic carbocycles. The molecule has 4 aromatic heterocycles. The van der Waals surface area contributed by atoms with E-state index in [2.05, 4.69) is 40.3 Å². The predicted molar refractivity (Wildman–Crippen MR) is 142 cm³/mol. The average molecular weight is 494 g/mol. The number of imidazole rings is 1. The molecule has 0 radical (unpaired) electrons. The van der Waals surface area contributed by atoms with Crippen LogP contribution in [-0.2, 0) is 0 Å². The molecular formula is C27H24FN9. The molecule has 37 heavy (non-hydrogen) atoms. The fourth-order valence-electron chi connectivity index (χ4n) is 4.32. The Morgan fingerprint density at radius 3 is 2.73 bits per heavy atom. The molecule has 0 bridgehead atoms. The first-order chi connectivity index (χ1) is 18.0. The molecule has 184 valence electrons. The van der Waals surface area contributed by atoms with Crippen LogP contribution in [-0.4, -0.2) is 67.2 Å². The molecule has 0 aliphatic rings. The molecule has 9 nitrogen and oxygen atoms in total. The minimum atomic E-state index is -0.306. The Morgan fingerprint density at radius 1 is 0.973 bits per heavy atom. The van der Waals surface area contributed by atoms with Gasteiger partial charge < -0.3 is 15.2 Å². The van der Waals surface area contributed by atoms with E-state index in [1.165, 1.54) is 12.1 Å². The summed E-state index contributed by atoms with van der Waals surface area (Å²) in [5, 5.41) is 11.7. The molecule has 4 heterocycles. The Morgan fingerprint density at radius 2 is 1.89 bits per heavy atom. The minimum absolute atomic E-state index is 0.306. The molecule has 0 aliphatic heterocycles. The zero-order valence-electron chi connectivity index (χ0n) is 20.3. The van der Waals surface area contributed by atoms with Crippen LogP contribution in [0.4, 0.5) is 10.1 Å². The minimum Gasteiger partial charge on any atom is -0.384 e. The highest BCUT2D eigenvalue weighted by atomic mass is 19.1. The quantitative estimate of drug-likeness (QED) is 0.295. The van der Waals surface area contributed by atoms with Gasteiger partial charge in [-0.25, -0.2) is 9.37 Å². The van der Waals surface area contributed by atoms with Crippen molar-refractivity contribution in [2.75, 3.05) is 32.5 Å². The molecule has 6 rings (SSSR count). The van der Waals surface area contributed by atoms with Gasteiger partial charge in [-0.1, -0.05) is 12.1 Å². The number of aromatic nitrogens is 7. The van der Waals surface area contributed by atoms with E-state index in [-0.39, 0.29) is 5.82 Å². The zero-order chi connectivity index (χ0) is 25.4. The summed E-state index contributed by atoms with van der Waals surface area (Å²) in [6.07, 6.45) is 6.65. The number of hydrogen-bond donors (Lipinski definition) is 3. The van der Waals surface area contributed by atoms with Crippen molar-refractivity contribution in [3.63, 3.8) is 0 Å². The van der Waals surface area contributed by atoms with Gasteiger partial charge in [0, 0.05) is 42.1 Å². The lowest BCUT2D eigenvalue weighted by Gasteiger charge is -2.13. The largest absolute Gasteiger partial charge is 0.384 e. The number of nitrogens with one attached hydrogen (secondary N) is 3. The molecule has 0 spiro atoms. The van der Waals surface area contributed by atoms with Crippen LogP contribution in [0.2, 0.25) is 0 Å². The molecule has 10 heteroatoms. The predicted octanol–water partition coefficient (Wildman–Crippen LogP) is 4.74. The number of aromatic amines is 2. The van der Waals surface area contributed by atoms with E-state index in [0.717, 1.165) is 45.3 Å². The van der Waals surface area contributed by atoms with Crippen molar-refractivity contribution < 1.29 is 4.39 Å². The number of likely N-dealkylation sites (N-methyl/N-ethyl adjacent to an activating group) is 1. The zero-order valence-corrected chi connectivity index (χ0v) is 20.3. The van der Waals surface area contributed by atoms with Gasteiger partial charge in [0.1, 0.15) is 17.2 Å². The number of anilines is 1. The number of hydrogen-bond acceptors (Lipinski definition) is 7. The average Bonchev–Trinajstić information content (AvgIpc) is 3.52. The Bertz CT molecular complexity index is 1710. The van der Waals surface area contributed by atoms with Crippen LogP contribution in [0.1, 0.15) is 0 Å². The normalized spacial score (nSPS) is 11.6. The lowest BCUT2D eigenvalue weighted by atomic mass is 10.0. The van der Waals surface area contributed by atoms with Crippen LogP contribution in [0.3, 0.4) is 0 Å². The molecule has 0 fully saturated rings. The van der Waals surface area contributed by atoms with E-state index in [1.54, 1.807) is 24.8 Å². The van der Waals surface area contributed by atoms with Gasteiger partial charge in [0.25, 0.3) is 0 Å². The SMILES string of the molecule is CN(C)CCNc1cc(F)cc(-c2cccc3[nH]c(-c4n[nH]c5cnc(-c6cnccn6)cc45)nc23)c1. The third kappa shape index (κ3) is 4.50. The van der Waals surface area contributed by atoms with Gasteiger partial charge >= 0.3 is 0 Å². The molecule has 3 N–H and O–H groups in total. The molecule has 0 unspecified atom stereocenters. The maximum atomic E-state index is 14.6. The molecular weight excluding hydrogens is 469 g/mol. The van der Waals surface area contributed by atoms with Gasteiger partial charge in [-0.05, 0) is 50.0 Å². The fourth-order valence-corrected chi connectivity index (χ4v) is 4.32. The number of fused-ring (bicyclic) bond motifs is 2. The fraction of sp³-hybridized carbons (Fsp3) is 0.148. The Labute approximate surface area is 211 Å². The van der Waals surface area contributed by atoms with E-state index < -0.39 is 0 Å². The maximum absolute atomic E-state index is 14.6. The van der Waals surface area contributed by atoms with Crippen LogP contribution in [0.5, 0.6) is 0 Å². The van der Waals surface area contributed by atoms with E-state index in [1.807, 2.05) is 44.4 Å². The van der Waals surface area contributed by atoms with Crippen LogP contribution in [0.15, 0.2) is 67.3 Å². The maximum Gasteiger partial charge on any atom is 0.159 e. The smallest absolute Gasteiger partial charge is 0.159 e. The Kier molecular flexibility index (Phi) is 5.78. The van der Waals surface area contributed by atoms with Gasteiger partial charge in [0.2, 0.25) is 0 Å². The van der Waals surface area contributed by atoms with E-state index in [4.69, 9.17) is 4.98 Å². The van der Waals surface area contributed by atoms with Crippen LogP contribution < -0.4 is 5.32 Å². The molecule has 0 atom stereocenters. The monoisotopic (exact) mass is 493 g/mol. The summed E-state index contributed by atoms with van der Waals surface area (Å²) in [6, 6.07) is 12.7. The lowest BCUT2D eigenvalue weighted by molar-refractivity contribution is 0.425. The van der Waals surface area contributed by atoms with Gasteiger partial charge in [0.15, 0.2) is 5.82 Å². The van der Waals surface area contributed by atoms with Gasteiger partial charge in [-0.2, -0.15) is 5.10 Å². The Hall–Kier alpha value is -4.70. The number of halogens is 1. The molecule has 0 saturated carbocycles. The van der Waals surface area contributed by atoms with E-state index in [9.17, 15) is 4.39 Å². The van der Waals surface area contributed by atoms with Crippen molar-refractivity contribution in [2.24, 2.45) is 0 Å². The van der Waals surface area contributed by atoms with Gasteiger partial charge in [-0.3, -0.25) is 20.1 Å². The second-order valence-corrected chi connectivity index (χ2v) is 9.02. The molecule has 0 amide bonds. The molecule has 2 aromatic carbocycles. The third-order valence-electron chi connectivity index (χ3n) is 6.11. The van der Waals surface area contributed by atoms with Gasteiger partial charge in [0.05, 0.1) is 34.6 Å². The number of rotatable bonds is 7. The first-order valence-electron chi connectivity index (χ1n) is 11.8. The summed E-state index contributed by atoms with van der Waals surface area (Å²) in [5.74, 6) is 0.297. The van der Waals surface area contributed by atoms with Crippen molar-refractivity contribution in [2.45, 2.75) is 0 Å².